The standard InChI is InChI=1S/C10H19N5O/c1-10(2,9(12)16)15-4-7(11)3-8-5-13-6-14-8/h5-7,15H,3-4,11H2,1-2H3,(H2,12,16)(H,13,14). The molecular formula is C10H19N5O. The van der Waals surface area contributed by atoms with Crippen LogP contribution in [0.3, 0.4) is 0 Å². The third-order valence-corrected chi connectivity index (χ3v) is 2.46. The van der Waals surface area contributed by atoms with Crippen molar-refractivity contribution < 1.29 is 4.79 Å². The first-order valence-electron chi connectivity index (χ1n) is 5.19. The van der Waals surface area contributed by atoms with Gasteiger partial charge in [-0.3, -0.25) is 4.79 Å². The molecule has 6 N–H and O–H groups in total. The zero-order chi connectivity index (χ0) is 12.2. The summed E-state index contributed by atoms with van der Waals surface area (Å²) >= 11 is 0. The molecule has 90 valence electrons. The maximum Gasteiger partial charge on any atom is 0.237 e. The number of H-pyrrole nitrogens is 1. The first-order valence-corrected chi connectivity index (χ1v) is 5.19. The van der Waals surface area contributed by atoms with Crippen molar-refractivity contribution in [2.24, 2.45) is 11.5 Å². The van der Waals surface area contributed by atoms with Crippen molar-refractivity contribution in [1.29, 1.82) is 0 Å². The van der Waals surface area contributed by atoms with Crippen LogP contribution < -0.4 is 16.8 Å². The van der Waals surface area contributed by atoms with E-state index in [0.29, 0.717) is 13.0 Å². The van der Waals surface area contributed by atoms with Crippen LogP contribution in [0.4, 0.5) is 0 Å². The predicted molar refractivity (Wildman–Crippen MR) is 61.5 cm³/mol. The number of primary amides is 1. The summed E-state index contributed by atoms with van der Waals surface area (Å²) in [6.45, 7) is 3.99. The van der Waals surface area contributed by atoms with Crippen molar-refractivity contribution in [3.63, 3.8) is 0 Å². The fourth-order valence-corrected chi connectivity index (χ4v) is 1.22. The molecule has 0 aliphatic heterocycles. The van der Waals surface area contributed by atoms with Crippen molar-refractivity contribution in [2.75, 3.05) is 6.54 Å². The lowest BCUT2D eigenvalue weighted by atomic mass is 10.0. The van der Waals surface area contributed by atoms with Crippen LogP contribution in [0.1, 0.15) is 19.5 Å². The van der Waals surface area contributed by atoms with Gasteiger partial charge in [-0.1, -0.05) is 0 Å². The van der Waals surface area contributed by atoms with Gasteiger partial charge in [0.2, 0.25) is 5.91 Å². The Hall–Kier alpha value is -1.40. The number of carbonyl (C=O) groups is 1. The SMILES string of the molecule is CC(C)(NCC(N)Cc1cnc[nH]1)C(N)=O. The highest BCUT2D eigenvalue weighted by molar-refractivity contribution is 5.83. The van der Waals surface area contributed by atoms with Gasteiger partial charge in [0.15, 0.2) is 0 Å². The quantitative estimate of drug-likeness (QED) is 0.504. The van der Waals surface area contributed by atoms with Gasteiger partial charge in [0.25, 0.3) is 0 Å². The maximum absolute atomic E-state index is 11.1. The second-order valence-electron chi connectivity index (χ2n) is 4.41. The van der Waals surface area contributed by atoms with E-state index in [1.807, 2.05) is 0 Å². The Morgan fingerprint density at radius 3 is 2.88 bits per heavy atom. The predicted octanol–water partition coefficient (Wildman–Crippen LogP) is -0.867. The lowest BCUT2D eigenvalue weighted by molar-refractivity contribution is -0.123. The van der Waals surface area contributed by atoms with Crippen LogP contribution in [0, 0.1) is 0 Å². The molecule has 1 heterocycles. The van der Waals surface area contributed by atoms with Crippen LogP contribution in [0.15, 0.2) is 12.5 Å². The third-order valence-electron chi connectivity index (χ3n) is 2.46. The van der Waals surface area contributed by atoms with E-state index in [0.717, 1.165) is 5.69 Å². The van der Waals surface area contributed by atoms with E-state index in [2.05, 4.69) is 15.3 Å². The molecule has 0 aromatic carbocycles. The number of carbonyl (C=O) groups excluding carboxylic acids is 1. The van der Waals surface area contributed by atoms with E-state index in [1.165, 1.54) is 0 Å². The fraction of sp³-hybridized carbons (Fsp3) is 0.600. The average molecular weight is 225 g/mol. The van der Waals surface area contributed by atoms with E-state index in [-0.39, 0.29) is 11.9 Å². The van der Waals surface area contributed by atoms with Crippen LogP contribution in [-0.2, 0) is 11.2 Å². The van der Waals surface area contributed by atoms with Crippen LogP contribution in [0.25, 0.3) is 0 Å². The van der Waals surface area contributed by atoms with Gasteiger partial charge in [-0.25, -0.2) is 4.98 Å². The lowest BCUT2D eigenvalue weighted by Gasteiger charge is -2.24. The number of nitrogens with zero attached hydrogens (tertiary/aromatic N) is 1. The maximum atomic E-state index is 11.1. The van der Waals surface area contributed by atoms with E-state index in [9.17, 15) is 4.79 Å². The molecule has 0 aliphatic carbocycles. The monoisotopic (exact) mass is 225 g/mol. The summed E-state index contributed by atoms with van der Waals surface area (Å²) in [5.74, 6) is -0.388. The summed E-state index contributed by atoms with van der Waals surface area (Å²) in [5.41, 5.74) is 11.4. The van der Waals surface area contributed by atoms with Gasteiger partial charge in [0.1, 0.15) is 0 Å². The minimum absolute atomic E-state index is 0.0842. The number of rotatable bonds is 6. The molecule has 6 heteroatoms. The summed E-state index contributed by atoms with van der Waals surface area (Å²) < 4.78 is 0. The van der Waals surface area contributed by atoms with Gasteiger partial charge in [-0.05, 0) is 13.8 Å². The van der Waals surface area contributed by atoms with Crippen molar-refractivity contribution in [3.05, 3.63) is 18.2 Å². The van der Waals surface area contributed by atoms with Crippen LogP contribution in [0.5, 0.6) is 0 Å². The number of hydrogen-bond donors (Lipinski definition) is 4. The molecule has 1 rings (SSSR count). The van der Waals surface area contributed by atoms with Crippen molar-refractivity contribution in [1.82, 2.24) is 15.3 Å². The molecule has 0 bridgehead atoms. The van der Waals surface area contributed by atoms with Crippen molar-refractivity contribution >= 4 is 5.91 Å². The van der Waals surface area contributed by atoms with Gasteiger partial charge in [0.05, 0.1) is 11.9 Å². The fourth-order valence-electron chi connectivity index (χ4n) is 1.22. The van der Waals surface area contributed by atoms with Crippen LogP contribution >= 0.6 is 0 Å². The zero-order valence-electron chi connectivity index (χ0n) is 9.66. The average Bonchev–Trinajstić information content (AvgIpc) is 2.67. The summed E-state index contributed by atoms with van der Waals surface area (Å²) in [4.78, 5) is 17.9. The molecule has 1 aromatic rings. The number of amides is 1. The summed E-state index contributed by atoms with van der Waals surface area (Å²) in [7, 11) is 0. The smallest absolute Gasteiger partial charge is 0.237 e. The van der Waals surface area contributed by atoms with Gasteiger partial charge in [-0.15, -0.1) is 0 Å². The number of hydrogen-bond acceptors (Lipinski definition) is 4. The number of nitrogens with one attached hydrogen (secondary N) is 2. The van der Waals surface area contributed by atoms with Gasteiger partial charge >= 0.3 is 0 Å². The largest absolute Gasteiger partial charge is 0.368 e. The highest BCUT2D eigenvalue weighted by Crippen LogP contribution is 2.01. The Labute approximate surface area is 94.8 Å². The van der Waals surface area contributed by atoms with E-state index in [4.69, 9.17) is 11.5 Å². The lowest BCUT2D eigenvalue weighted by Crippen LogP contribution is -2.54. The second kappa shape index (κ2) is 5.09. The Morgan fingerprint density at radius 2 is 2.38 bits per heavy atom. The van der Waals surface area contributed by atoms with Crippen LogP contribution in [0.2, 0.25) is 0 Å². The molecular weight excluding hydrogens is 206 g/mol. The number of aromatic amines is 1. The van der Waals surface area contributed by atoms with E-state index < -0.39 is 5.54 Å². The highest BCUT2D eigenvalue weighted by atomic mass is 16.1. The van der Waals surface area contributed by atoms with Gasteiger partial charge in [-0.2, -0.15) is 0 Å². The first kappa shape index (κ1) is 12.7. The minimum atomic E-state index is -0.731. The Balaban J connectivity index is 2.35. The Morgan fingerprint density at radius 1 is 1.69 bits per heavy atom. The number of nitrogens with two attached hydrogens (primary N) is 2. The topological polar surface area (TPSA) is 110 Å². The molecule has 6 nitrogen and oxygen atoms in total. The molecule has 1 atom stereocenters. The summed E-state index contributed by atoms with van der Waals surface area (Å²) in [6, 6.07) is -0.0842. The second-order valence-corrected chi connectivity index (χ2v) is 4.41. The molecule has 0 radical (unpaired) electrons. The van der Waals surface area contributed by atoms with E-state index in [1.54, 1.807) is 26.4 Å². The highest BCUT2D eigenvalue weighted by Gasteiger charge is 2.24. The Kier molecular flexibility index (Phi) is 4.03. The van der Waals surface area contributed by atoms with Gasteiger partial charge < -0.3 is 21.8 Å². The molecule has 0 saturated carbocycles. The van der Waals surface area contributed by atoms with Crippen LogP contribution in [-0.4, -0.2) is 34.0 Å². The molecule has 1 aromatic heterocycles. The molecule has 0 spiro atoms. The molecule has 0 saturated heterocycles. The molecule has 16 heavy (non-hydrogen) atoms. The first-order chi connectivity index (χ1) is 7.42. The minimum Gasteiger partial charge on any atom is -0.368 e. The van der Waals surface area contributed by atoms with Crippen molar-refractivity contribution in [2.45, 2.75) is 31.8 Å². The van der Waals surface area contributed by atoms with Crippen molar-refractivity contribution in [3.8, 4) is 0 Å². The summed E-state index contributed by atoms with van der Waals surface area (Å²) in [5, 5.41) is 3.04. The van der Waals surface area contributed by atoms with Gasteiger partial charge in [0, 0.05) is 30.9 Å². The zero-order valence-corrected chi connectivity index (χ0v) is 9.66. The Bertz CT molecular complexity index is 333. The molecule has 1 unspecified atom stereocenters. The normalized spacial score (nSPS) is 13.7. The summed E-state index contributed by atoms with van der Waals surface area (Å²) in [6.07, 6.45) is 4.03. The number of imidazole rings is 1. The number of aromatic nitrogens is 2. The third kappa shape index (κ3) is 3.63. The molecule has 0 fully saturated rings. The molecule has 0 aliphatic rings. The molecule has 1 amide bonds. The van der Waals surface area contributed by atoms with E-state index >= 15 is 0 Å².